The monoisotopic (exact) mass is 390 g/mol. The lowest BCUT2D eigenvalue weighted by Gasteiger charge is -2.55. The number of ether oxygens (including phenoxy) is 2. The van der Waals surface area contributed by atoms with E-state index in [-0.39, 0.29) is 23.6 Å². The lowest BCUT2D eigenvalue weighted by Crippen LogP contribution is -2.72. The second kappa shape index (κ2) is 6.10. The first kappa shape index (κ1) is 18.7. The Morgan fingerprint density at radius 1 is 0.966 bits per heavy atom. The maximum Gasteiger partial charge on any atom is 0.175 e. The summed E-state index contributed by atoms with van der Waals surface area (Å²) in [5.74, 6) is -0.649. The van der Waals surface area contributed by atoms with Gasteiger partial charge in [0.05, 0.1) is 17.4 Å². The Bertz CT molecular complexity index is 929. The molecule has 3 saturated carbocycles. The summed E-state index contributed by atoms with van der Waals surface area (Å²) in [7, 11) is 1.54. The number of carbonyl (C=O) groups excluding carboxylic acids is 2. The van der Waals surface area contributed by atoms with Crippen LogP contribution in [-0.2, 0) is 24.5 Å². The van der Waals surface area contributed by atoms with Crippen LogP contribution < -0.4 is 0 Å². The lowest BCUT2D eigenvalue weighted by molar-refractivity contribution is -0.229. The molecule has 0 heterocycles. The molecule has 5 rings (SSSR count). The third-order valence-corrected chi connectivity index (χ3v) is 7.81. The number of fused-ring (bicyclic) bond motifs is 2. The molecule has 3 fully saturated rings. The summed E-state index contributed by atoms with van der Waals surface area (Å²) in [5, 5.41) is 0. The molecule has 0 spiro atoms. The molecule has 2 aromatic carbocycles. The maximum atomic E-state index is 14.1. The van der Waals surface area contributed by atoms with Crippen molar-refractivity contribution in [3.05, 3.63) is 71.8 Å². The zero-order valence-electron chi connectivity index (χ0n) is 17.1. The minimum absolute atomic E-state index is 0.0134. The van der Waals surface area contributed by atoms with Gasteiger partial charge in [0.25, 0.3) is 0 Å². The van der Waals surface area contributed by atoms with Crippen LogP contribution in [0.2, 0.25) is 0 Å². The fourth-order valence-corrected chi connectivity index (χ4v) is 6.56. The summed E-state index contributed by atoms with van der Waals surface area (Å²) in [6, 6.07) is 20.0. The smallest absolute Gasteiger partial charge is 0.175 e. The van der Waals surface area contributed by atoms with Crippen LogP contribution in [0.5, 0.6) is 0 Å². The van der Waals surface area contributed by atoms with Crippen LogP contribution in [0.4, 0.5) is 0 Å². The van der Waals surface area contributed by atoms with Crippen molar-refractivity contribution in [2.45, 2.75) is 37.4 Å². The van der Waals surface area contributed by atoms with Gasteiger partial charge in [0, 0.05) is 25.0 Å². The highest BCUT2D eigenvalue weighted by atomic mass is 16.6. The molecule has 3 aliphatic carbocycles. The SMILES string of the molecule is CCO[C@@H]1C[C@H]2C(=O)[C@@H]3C(c4ccccc4)(c4ccccc4)[C@]3(C)C(=O)[C@@]12OC. The van der Waals surface area contributed by atoms with E-state index in [4.69, 9.17) is 9.47 Å². The van der Waals surface area contributed by atoms with Crippen LogP contribution >= 0.6 is 0 Å². The molecule has 5 atom stereocenters. The fraction of sp³-hybridized carbons (Fsp3) is 0.440. The second-order valence-electron chi connectivity index (χ2n) is 8.64. The first-order valence-corrected chi connectivity index (χ1v) is 10.4. The van der Waals surface area contributed by atoms with E-state index in [0.717, 1.165) is 11.1 Å². The Labute approximate surface area is 171 Å². The van der Waals surface area contributed by atoms with Crippen LogP contribution in [0.25, 0.3) is 0 Å². The molecule has 29 heavy (non-hydrogen) atoms. The average Bonchev–Trinajstić information content (AvgIpc) is 3.34. The summed E-state index contributed by atoms with van der Waals surface area (Å²) < 4.78 is 11.7. The number of hydrogen-bond acceptors (Lipinski definition) is 4. The van der Waals surface area contributed by atoms with Crippen molar-refractivity contribution in [2.24, 2.45) is 17.3 Å². The average molecular weight is 390 g/mol. The standard InChI is InChI=1S/C25H26O4/c1-4-29-19-15-18-20(26)21-23(2,22(27)25(18,19)28-3)24(21,16-11-7-5-8-12-16)17-13-9-6-10-14-17/h5-14,18-19,21H,4,15H2,1-3H3/t18-,19+,21-,23-,25-/m0/s1. The molecule has 0 saturated heterocycles. The Morgan fingerprint density at radius 3 is 2.00 bits per heavy atom. The van der Waals surface area contributed by atoms with Crippen LogP contribution in [0, 0.1) is 17.3 Å². The normalized spacial score (nSPS) is 36.7. The van der Waals surface area contributed by atoms with Gasteiger partial charge in [-0.2, -0.15) is 0 Å². The van der Waals surface area contributed by atoms with Gasteiger partial charge >= 0.3 is 0 Å². The number of Topliss-reactive ketones (excluding diaryl/α,β-unsaturated/α-hetero) is 2. The quantitative estimate of drug-likeness (QED) is 0.783. The predicted molar refractivity (Wildman–Crippen MR) is 109 cm³/mol. The number of benzene rings is 2. The highest BCUT2D eigenvalue weighted by Gasteiger charge is 2.89. The number of rotatable bonds is 5. The maximum absolute atomic E-state index is 14.1. The van der Waals surface area contributed by atoms with Crippen molar-refractivity contribution < 1.29 is 19.1 Å². The number of ketones is 2. The predicted octanol–water partition coefficient (Wildman–Crippen LogP) is 3.57. The van der Waals surface area contributed by atoms with Crippen molar-refractivity contribution in [2.75, 3.05) is 13.7 Å². The minimum Gasteiger partial charge on any atom is -0.375 e. The van der Waals surface area contributed by atoms with E-state index >= 15 is 0 Å². The van der Waals surface area contributed by atoms with Crippen molar-refractivity contribution in [1.82, 2.24) is 0 Å². The van der Waals surface area contributed by atoms with Gasteiger partial charge in [-0.1, -0.05) is 67.6 Å². The molecule has 0 N–H and O–H groups in total. The third kappa shape index (κ3) is 1.92. The topological polar surface area (TPSA) is 52.6 Å². The Hall–Kier alpha value is -2.30. The lowest BCUT2D eigenvalue weighted by atomic mass is 9.55. The Balaban J connectivity index is 1.73. The molecular weight excluding hydrogens is 364 g/mol. The second-order valence-corrected chi connectivity index (χ2v) is 8.64. The zero-order chi connectivity index (χ0) is 20.4. The van der Waals surface area contributed by atoms with E-state index < -0.39 is 22.3 Å². The molecule has 0 unspecified atom stereocenters. The number of hydrogen-bond donors (Lipinski definition) is 0. The minimum atomic E-state index is -1.16. The molecular formula is C25H26O4. The fourth-order valence-electron chi connectivity index (χ4n) is 6.56. The summed E-state index contributed by atoms with van der Waals surface area (Å²) in [4.78, 5) is 27.9. The summed E-state index contributed by atoms with van der Waals surface area (Å²) in [5.41, 5.74) is -0.649. The summed E-state index contributed by atoms with van der Waals surface area (Å²) in [6.07, 6.45) is 0.194. The Kier molecular flexibility index (Phi) is 3.94. The van der Waals surface area contributed by atoms with Gasteiger partial charge in [0.1, 0.15) is 5.78 Å². The van der Waals surface area contributed by atoms with E-state index in [1.807, 2.05) is 74.5 Å². The summed E-state index contributed by atoms with van der Waals surface area (Å²) >= 11 is 0. The number of methoxy groups -OCH3 is 1. The zero-order valence-corrected chi connectivity index (χ0v) is 17.1. The molecule has 3 aliphatic rings. The molecule has 150 valence electrons. The van der Waals surface area contributed by atoms with E-state index in [9.17, 15) is 9.59 Å². The van der Waals surface area contributed by atoms with Crippen molar-refractivity contribution in [1.29, 1.82) is 0 Å². The molecule has 0 bridgehead atoms. The molecule has 4 nitrogen and oxygen atoms in total. The van der Waals surface area contributed by atoms with Crippen molar-refractivity contribution >= 4 is 11.6 Å². The highest BCUT2D eigenvalue weighted by molar-refractivity contribution is 6.15. The molecule has 0 aromatic heterocycles. The van der Waals surface area contributed by atoms with Gasteiger partial charge in [0.2, 0.25) is 0 Å². The van der Waals surface area contributed by atoms with Crippen molar-refractivity contribution in [3.63, 3.8) is 0 Å². The van der Waals surface area contributed by atoms with Crippen molar-refractivity contribution in [3.8, 4) is 0 Å². The molecule has 2 aromatic rings. The van der Waals surface area contributed by atoms with Gasteiger partial charge in [0.15, 0.2) is 11.4 Å². The highest BCUT2D eigenvalue weighted by Crippen LogP contribution is 2.79. The van der Waals surface area contributed by atoms with E-state index in [1.165, 1.54) is 0 Å². The third-order valence-electron chi connectivity index (χ3n) is 7.81. The van der Waals surface area contributed by atoms with Crippen LogP contribution in [-0.4, -0.2) is 37.0 Å². The molecule has 0 aliphatic heterocycles. The van der Waals surface area contributed by atoms with Gasteiger partial charge in [-0.15, -0.1) is 0 Å². The molecule has 4 heteroatoms. The van der Waals surface area contributed by atoms with E-state index in [0.29, 0.717) is 13.0 Å². The largest absolute Gasteiger partial charge is 0.375 e. The first-order chi connectivity index (χ1) is 14.0. The van der Waals surface area contributed by atoms with E-state index in [2.05, 4.69) is 0 Å². The van der Waals surface area contributed by atoms with E-state index in [1.54, 1.807) is 7.11 Å². The van der Waals surface area contributed by atoms with Gasteiger partial charge in [-0.05, 0) is 24.5 Å². The first-order valence-electron chi connectivity index (χ1n) is 10.4. The Morgan fingerprint density at radius 2 is 1.52 bits per heavy atom. The van der Waals surface area contributed by atoms with Gasteiger partial charge < -0.3 is 9.47 Å². The van der Waals surface area contributed by atoms with Crippen LogP contribution in [0.15, 0.2) is 60.7 Å². The molecule has 0 amide bonds. The van der Waals surface area contributed by atoms with Gasteiger partial charge in [-0.25, -0.2) is 0 Å². The van der Waals surface area contributed by atoms with Gasteiger partial charge in [-0.3, -0.25) is 9.59 Å². The summed E-state index contributed by atoms with van der Waals surface area (Å²) in [6.45, 7) is 4.36. The van der Waals surface area contributed by atoms with Crippen LogP contribution in [0.1, 0.15) is 31.4 Å². The molecule has 0 radical (unpaired) electrons. The number of carbonyl (C=O) groups is 2. The van der Waals surface area contributed by atoms with Crippen LogP contribution in [0.3, 0.4) is 0 Å².